The number of fused-ring (bicyclic) bond motifs is 1. The second-order valence-corrected chi connectivity index (χ2v) is 5.39. The van der Waals surface area contributed by atoms with Crippen LogP contribution in [-0.4, -0.2) is 24.9 Å². The molecule has 0 saturated carbocycles. The molecular formula is C18H15NO5. The highest BCUT2D eigenvalue weighted by atomic mass is 16.6. The quantitative estimate of drug-likeness (QED) is 0.489. The van der Waals surface area contributed by atoms with Crippen molar-refractivity contribution in [1.29, 1.82) is 0 Å². The second-order valence-electron chi connectivity index (χ2n) is 5.39. The summed E-state index contributed by atoms with van der Waals surface area (Å²) in [5, 5.41) is 10.7. The van der Waals surface area contributed by atoms with Crippen LogP contribution in [0.2, 0.25) is 0 Å². The third-order valence-electron chi connectivity index (χ3n) is 3.97. The van der Waals surface area contributed by atoms with Crippen molar-refractivity contribution in [3.63, 3.8) is 0 Å². The van der Waals surface area contributed by atoms with Crippen molar-refractivity contribution < 1.29 is 19.2 Å². The fraction of sp³-hybridized carbons (Fsp3) is 0.167. The predicted octanol–water partition coefficient (Wildman–Crippen LogP) is 3.43. The van der Waals surface area contributed by atoms with Gasteiger partial charge in [0.25, 0.3) is 5.69 Å². The zero-order valence-electron chi connectivity index (χ0n) is 13.2. The van der Waals surface area contributed by atoms with E-state index in [1.165, 1.54) is 19.2 Å². The molecule has 0 heterocycles. The van der Waals surface area contributed by atoms with E-state index in [-0.39, 0.29) is 11.5 Å². The topological polar surface area (TPSA) is 78.7 Å². The molecule has 122 valence electrons. The lowest BCUT2D eigenvalue weighted by Gasteiger charge is -2.08. The number of Topliss-reactive ketones (excluding diaryl/α,β-unsaturated/α-hetero) is 1. The average Bonchev–Trinajstić information content (AvgIpc) is 2.89. The first-order chi connectivity index (χ1) is 11.5. The van der Waals surface area contributed by atoms with E-state index in [1.807, 2.05) is 6.07 Å². The van der Waals surface area contributed by atoms with Crippen molar-refractivity contribution in [2.24, 2.45) is 0 Å². The van der Waals surface area contributed by atoms with Crippen LogP contribution in [0.25, 0.3) is 6.08 Å². The Kier molecular flexibility index (Phi) is 4.04. The summed E-state index contributed by atoms with van der Waals surface area (Å²) in [5.41, 5.74) is 2.88. The van der Waals surface area contributed by atoms with Crippen molar-refractivity contribution in [3.05, 3.63) is 68.8 Å². The molecular weight excluding hydrogens is 310 g/mol. The maximum absolute atomic E-state index is 12.6. The van der Waals surface area contributed by atoms with Crippen LogP contribution in [0.15, 0.2) is 42.0 Å². The Bertz CT molecular complexity index is 852. The minimum atomic E-state index is -0.452. The van der Waals surface area contributed by atoms with Gasteiger partial charge < -0.3 is 9.47 Å². The molecule has 0 aromatic heterocycles. The maximum atomic E-state index is 12.6. The first-order valence-corrected chi connectivity index (χ1v) is 7.28. The standard InChI is InChI=1S/C18H15NO5/c1-23-16-9-12-8-13(18(20)15(12)10-17(16)24-2)7-11-3-5-14(6-4-11)19(21)22/h3-7,9-10H,8H2,1-2H3/b13-7+. The molecule has 0 atom stereocenters. The summed E-state index contributed by atoms with van der Waals surface area (Å²) in [4.78, 5) is 22.8. The number of ether oxygens (including phenoxy) is 2. The SMILES string of the molecule is COc1cc2c(cc1OC)C(=O)/C(=C/c1ccc([N+](=O)[O-])cc1)C2. The summed E-state index contributed by atoms with van der Waals surface area (Å²) >= 11 is 0. The van der Waals surface area contributed by atoms with Crippen LogP contribution in [-0.2, 0) is 6.42 Å². The van der Waals surface area contributed by atoms with Gasteiger partial charge in [-0.25, -0.2) is 0 Å². The monoisotopic (exact) mass is 325 g/mol. The Balaban J connectivity index is 1.94. The van der Waals surface area contributed by atoms with Gasteiger partial charge in [-0.05, 0) is 41.5 Å². The van der Waals surface area contributed by atoms with E-state index < -0.39 is 4.92 Å². The number of non-ortho nitro benzene ring substituents is 1. The van der Waals surface area contributed by atoms with E-state index in [2.05, 4.69) is 0 Å². The minimum absolute atomic E-state index is 0.0210. The smallest absolute Gasteiger partial charge is 0.269 e. The molecule has 1 aliphatic rings. The summed E-state index contributed by atoms with van der Waals surface area (Å²) in [5.74, 6) is 1.03. The van der Waals surface area contributed by atoms with Crippen LogP contribution in [0.5, 0.6) is 11.5 Å². The molecule has 24 heavy (non-hydrogen) atoms. The predicted molar refractivity (Wildman–Crippen MR) is 88.7 cm³/mol. The van der Waals surface area contributed by atoms with E-state index in [0.29, 0.717) is 29.1 Å². The Morgan fingerprint density at radius 3 is 2.29 bits per heavy atom. The van der Waals surface area contributed by atoms with Crippen molar-refractivity contribution in [2.75, 3.05) is 14.2 Å². The Morgan fingerprint density at radius 1 is 1.08 bits per heavy atom. The number of nitrogens with zero attached hydrogens (tertiary/aromatic N) is 1. The molecule has 1 aliphatic carbocycles. The molecule has 6 heteroatoms. The van der Waals surface area contributed by atoms with Crippen LogP contribution in [0.1, 0.15) is 21.5 Å². The molecule has 0 unspecified atom stereocenters. The number of allylic oxidation sites excluding steroid dienone is 1. The number of ketones is 1. The van der Waals surface area contributed by atoms with Gasteiger partial charge in [-0.15, -0.1) is 0 Å². The fourth-order valence-corrected chi connectivity index (χ4v) is 2.75. The normalized spacial score (nSPS) is 14.6. The van der Waals surface area contributed by atoms with Crippen LogP contribution in [0, 0.1) is 10.1 Å². The molecule has 0 amide bonds. The zero-order chi connectivity index (χ0) is 17.3. The fourth-order valence-electron chi connectivity index (χ4n) is 2.75. The van der Waals surface area contributed by atoms with Gasteiger partial charge in [-0.2, -0.15) is 0 Å². The van der Waals surface area contributed by atoms with Crippen molar-refractivity contribution >= 4 is 17.5 Å². The van der Waals surface area contributed by atoms with Crippen molar-refractivity contribution in [2.45, 2.75) is 6.42 Å². The molecule has 0 N–H and O–H groups in total. The van der Waals surface area contributed by atoms with Gasteiger partial charge in [-0.3, -0.25) is 14.9 Å². The highest BCUT2D eigenvalue weighted by Crippen LogP contribution is 2.37. The van der Waals surface area contributed by atoms with E-state index >= 15 is 0 Å². The van der Waals surface area contributed by atoms with Gasteiger partial charge in [0.1, 0.15) is 0 Å². The van der Waals surface area contributed by atoms with Gasteiger partial charge in [0.15, 0.2) is 17.3 Å². The average molecular weight is 325 g/mol. The third-order valence-corrected chi connectivity index (χ3v) is 3.97. The van der Waals surface area contributed by atoms with Gasteiger partial charge in [0, 0.05) is 29.7 Å². The number of rotatable bonds is 4. The van der Waals surface area contributed by atoms with E-state index in [4.69, 9.17) is 9.47 Å². The molecule has 0 radical (unpaired) electrons. The van der Waals surface area contributed by atoms with Gasteiger partial charge in [-0.1, -0.05) is 0 Å². The first-order valence-electron chi connectivity index (χ1n) is 7.28. The van der Waals surface area contributed by atoms with Gasteiger partial charge >= 0.3 is 0 Å². The van der Waals surface area contributed by atoms with E-state index in [1.54, 1.807) is 31.4 Å². The molecule has 0 aliphatic heterocycles. The number of carbonyl (C=O) groups is 1. The Labute approximate surface area is 138 Å². The molecule has 3 rings (SSSR count). The molecule has 2 aromatic carbocycles. The molecule has 6 nitrogen and oxygen atoms in total. The number of hydrogen-bond acceptors (Lipinski definition) is 5. The van der Waals surface area contributed by atoms with Crippen LogP contribution in [0.4, 0.5) is 5.69 Å². The number of methoxy groups -OCH3 is 2. The summed E-state index contributed by atoms with van der Waals surface area (Å²) in [6, 6.07) is 9.59. The number of hydrogen-bond donors (Lipinski definition) is 0. The summed E-state index contributed by atoms with van der Waals surface area (Å²) in [6.07, 6.45) is 2.25. The van der Waals surface area contributed by atoms with Crippen LogP contribution in [0.3, 0.4) is 0 Å². The number of benzene rings is 2. The summed E-state index contributed by atoms with van der Waals surface area (Å²) < 4.78 is 10.5. The lowest BCUT2D eigenvalue weighted by molar-refractivity contribution is -0.384. The van der Waals surface area contributed by atoms with Crippen molar-refractivity contribution in [3.8, 4) is 11.5 Å². The lowest BCUT2D eigenvalue weighted by Crippen LogP contribution is -1.97. The number of carbonyl (C=O) groups excluding carboxylic acids is 1. The second kappa shape index (κ2) is 6.16. The van der Waals surface area contributed by atoms with Gasteiger partial charge in [0.2, 0.25) is 0 Å². The van der Waals surface area contributed by atoms with Crippen molar-refractivity contribution in [1.82, 2.24) is 0 Å². The van der Waals surface area contributed by atoms with Gasteiger partial charge in [0.05, 0.1) is 19.1 Å². The van der Waals surface area contributed by atoms with E-state index in [0.717, 1.165) is 11.1 Å². The molecule has 2 aromatic rings. The third kappa shape index (κ3) is 2.74. The summed E-state index contributed by atoms with van der Waals surface area (Å²) in [7, 11) is 3.08. The van der Waals surface area contributed by atoms with Crippen LogP contribution >= 0.6 is 0 Å². The molecule has 0 spiro atoms. The zero-order valence-corrected chi connectivity index (χ0v) is 13.2. The summed E-state index contributed by atoms with van der Waals surface area (Å²) in [6.45, 7) is 0. The largest absolute Gasteiger partial charge is 0.493 e. The number of nitro benzene ring substituents is 1. The Hall–Kier alpha value is -3.15. The lowest BCUT2D eigenvalue weighted by atomic mass is 10.1. The number of nitro groups is 1. The molecule has 0 fully saturated rings. The highest BCUT2D eigenvalue weighted by Gasteiger charge is 2.27. The first kappa shape index (κ1) is 15.7. The Morgan fingerprint density at radius 2 is 1.71 bits per heavy atom. The minimum Gasteiger partial charge on any atom is -0.493 e. The van der Waals surface area contributed by atoms with Crippen LogP contribution < -0.4 is 9.47 Å². The molecule has 0 bridgehead atoms. The van der Waals surface area contributed by atoms with E-state index in [9.17, 15) is 14.9 Å². The maximum Gasteiger partial charge on any atom is 0.269 e. The highest BCUT2D eigenvalue weighted by molar-refractivity contribution is 6.15. The molecule has 0 saturated heterocycles.